The Morgan fingerprint density at radius 3 is 2.93 bits per heavy atom. The molecule has 0 saturated heterocycles. The number of rotatable bonds is 6. The first-order chi connectivity index (χ1) is 7.20. The van der Waals surface area contributed by atoms with Gasteiger partial charge < -0.3 is 10.1 Å². The lowest BCUT2D eigenvalue weighted by molar-refractivity contribution is 0.402. The number of ether oxygens (including phenoxy) is 1. The molecule has 1 aromatic rings. The Morgan fingerprint density at radius 2 is 2.33 bits per heavy atom. The fourth-order valence-electron chi connectivity index (χ4n) is 1.78. The molecule has 15 heavy (non-hydrogen) atoms. The number of aryl methyl sites for hydroxylation is 1. The Bertz CT molecular complexity index is 296. The van der Waals surface area contributed by atoms with Crippen LogP contribution in [0.4, 0.5) is 0 Å². The van der Waals surface area contributed by atoms with Crippen molar-refractivity contribution in [3.05, 3.63) is 11.9 Å². The third-order valence-corrected chi connectivity index (χ3v) is 2.64. The minimum Gasteiger partial charge on any atom is -0.493 e. The summed E-state index contributed by atoms with van der Waals surface area (Å²) in [5, 5.41) is 7.54. The van der Waals surface area contributed by atoms with Crippen molar-refractivity contribution in [2.24, 2.45) is 7.05 Å². The predicted octanol–water partition coefficient (Wildman–Crippen LogP) is 1.53. The Balaban J connectivity index is 2.63. The second-order valence-corrected chi connectivity index (χ2v) is 3.77. The van der Waals surface area contributed by atoms with E-state index in [0.717, 1.165) is 25.3 Å². The standard InChI is InChI=1S/C11H21N3O/c1-5-12-7-6-9(2)11-10(15-4)8-13-14(11)3/h8-9,12H,5-7H2,1-4H3. The van der Waals surface area contributed by atoms with Gasteiger partial charge >= 0.3 is 0 Å². The van der Waals surface area contributed by atoms with E-state index in [9.17, 15) is 0 Å². The summed E-state index contributed by atoms with van der Waals surface area (Å²) in [5.74, 6) is 1.35. The molecule has 0 saturated carbocycles. The van der Waals surface area contributed by atoms with Gasteiger partial charge in [-0.3, -0.25) is 4.68 Å². The molecule has 0 bridgehead atoms. The number of nitrogens with one attached hydrogen (secondary N) is 1. The van der Waals surface area contributed by atoms with E-state index in [1.165, 1.54) is 5.69 Å². The lowest BCUT2D eigenvalue weighted by Crippen LogP contribution is -2.17. The van der Waals surface area contributed by atoms with Gasteiger partial charge in [0.1, 0.15) is 0 Å². The van der Waals surface area contributed by atoms with Crippen LogP contribution >= 0.6 is 0 Å². The third kappa shape index (κ3) is 2.96. The van der Waals surface area contributed by atoms with E-state index in [1.807, 2.05) is 11.7 Å². The lowest BCUT2D eigenvalue weighted by atomic mass is 10.0. The van der Waals surface area contributed by atoms with Gasteiger partial charge in [0, 0.05) is 13.0 Å². The van der Waals surface area contributed by atoms with E-state index >= 15 is 0 Å². The maximum absolute atomic E-state index is 5.29. The van der Waals surface area contributed by atoms with Crippen molar-refractivity contribution in [1.29, 1.82) is 0 Å². The van der Waals surface area contributed by atoms with Crippen LogP contribution in [0, 0.1) is 0 Å². The minimum absolute atomic E-state index is 0.464. The van der Waals surface area contributed by atoms with Gasteiger partial charge in [-0.1, -0.05) is 13.8 Å². The van der Waals surface area contributed by atoms with Gasteiger partial charge in [-0.15, -0.1) is 0 Å². The molecular formula is C11H21N3O. The van der Waals surface area contributed by atoms with Crippen LogP contribution in [-0.4, -0.2) is 30.0 Å². The molecule has 0 radical (unpaired) electrons. The number of hydrogen-bond acceptors (Lipinski definition) is 3. The molecule has 0 fully saturated rings. The van der Waals surface area contributed by atoms with Crippen molar-refractivity contribution < 1.29 is 4.74 Å². The molecule has 0 spiro atoms. The number of nitrogens with zero attached hydrogens (tertiary/aromatic N) is 2. The van der Waals surface area contributed by atoms with E-state index in [2.05, 4.69) is 24.3 Å². The molecule has 0 amide bonds. The Kier molecular flexibility index (Phi) is 4.62. The molecule has 4 heteroatoms. The van der Waals surface area contributed by atoms with Crippen molar-refractivity contribution in [3.8, 4) is 5.75 Å². The number of aromatic nitrogens is 2. The zero-order valence-electron chi connectivity index (χ0n) is 10.1. The summed E-state index contributed by atoms with van der Waals surface area (Å²) in [5.41, 5.74) is 1.18. The monoisotopic (exact) mass is 211 g/mol. The van der Waals surface area contributed by atoms with Crippen molar-refractivity contribution >= 4 is 0 Å². The van der Waals surface area contributed by atoms with Crippen LogP contribution in [0.2, 0.25) is 0 Å². The van der Waals surface area contributed by atoms with E-state index in [0.29, 0.717) is 5.92 Å². The fraction of sp³-hybridized carbons (Fsp3) is 0.727. The van der Waals surface area contributed by atoms with Gasteiger partial charge in [-0.25, -0.2) is 0 Å². The summed E-state index contributed by atoms with van der Waals surface area (Å²) in [6.45, 7) is 6.38. The summed E-state index contributed by atoms with van der Waals surface area (Å²) in [4.78, 5) is 0. The highest BCUT2D eigenvalue weighted by Gasteiger charge is 2.15. The van der Waals surface area contributed by atoms with Crippen LogP contribution in [-0.2, 0) is 7.05 Å². The minimum atomic E-state index is 0.464. The van der Waals surface area contributed by atoms with Crippen LogP contribution in [0.5, 0.6) is 5.75 Å². The van der Waals surface area contributed by atoms with Gasteiger partial charge in [0.25, 0.3) is 0 Å². The van der Waals surface area contributed by atoms with Crippen molar-refractivity contribution in [1.82, 2.24) is 15.1 Å². The second kappa shape index (κ2) is 5.75. The molecule has 0 aliphatic rings. The molecule has 4 nitrogen and oxygen atoms in total. The third-order valence-electron chi connectivity index (χ3n) is 2.64. The Labute approximate surface area is 91.6 Å². The highest BCUT2D eigenvalue weighted by Crippen LogP contribution is 2.27. The highest BCUT2D eigenvalue weighted by atomic mass is 16.5. The Hall–Kier alpha value is -1.03. The summed E-state index contributed by atoms with van der Waals surface area (Å²) in [7, 11) is 3.65. The van der Waals surface area contributed by atoms with E-state index in [4.69, 9.17) is 4.74 Å². The summed E-state index contributed by atoms with van der Waals surface area (Å²) in [6.07, 6.45) is 2.88. The topological polar surface area (TPSA) is 39.1 Å². The molecule has 1 N–H and O–H groups in total. The van der Waals surface area contributed by atoms with E-state index < -0.39 is 0 Å². The van der Waals surface area contributed by atoms with Gasteiger partial charge in [0.15, 0.2) is 5.75 Å². The van der Waals surface area contributed by atoms with Crippen LogP contribution in [0.25, 0.3) is 0 Å². The summed E-state index contributed by atoms with van der Waals surface area (Å²) >= 11 is 0. The van der Waals surface area contributed by atoms with Crippen LogP contribution in [0.15, 0.2) is 6.20 Å². The Morgan fingerprint density at radius 1 is 1.60 bits per heavy atom. The van der Waals surface area contributed by atoms with Gasteiger partial charge in [0.05, 0.1) is 19.0 Å². The van der Waals surface area contributed by atoms with E-state index in [1.54, 1.807) is 13.3 Å². The molecule has 0 aliphatic carbocycles. The molecule has 0 aromatic carbocycles. The quantitative estimate of drug-likeness (QED) is 0.725. The van der Waals surface area contributed by atoms with Gasteiger partial charge in [-0.2, -0.15) is 5.10 Å². The van der Waals surface area contributed by atoms with Gasteiger partial charge in [0.2, 0.25) is 0 Å². The molecule has 86 valence electrons. The first-order valence-electron chi connectivity index (χ1n) is 5.47. The zero-order chi connectivity index (χ0) is 11.3. The molecule has 1 unspecified atom stereocenters. The molecule has 0 aliphatic heterocycles. The first kappa shape index (κ1) is 12.0. The van der Waals surface area contributed by atoms with Gasteiger partial charge in [-0.05, 0) is 19.5 Å². The maximum Gasteiger partial charge on any atom is 0.160 e. The number of hydrogen-bond donors (Lipinski definition) is 1. The van der Waals surface area contributed by atoms with Crippen molar-refractivity contribution in [3.63, 3.8) is 0 Å². The lowest BCUT2D eigenvalue weighted by Gasteiger charge is -2.13. The average Bonchev–Trinajstić information content (AvgIpc) is 2.59. The highest BCUT2D eigenvalue weighted by molar-refractivity contribution is 5.28. The molecular weight excluding hydrogens is 190 g/mol. The van der Waals surface area contributed by atoms with E-state index in [-0.39, 0.29) is 0 Å². The molecule has 1 heterocycles. The largest absolute Gasteiger partial charge is 0.493 e. The second-order valence-electron chi connectivity index (χ2n) is 3.77. The fourth-order valence-corrected chi connectivity index (χ4v) is 1.78. The normalized spacial score (nSPS) is 12.8. The van der Waals surface area contributed by atoms with Crippen molar-refractivity contribution in [2.75, 3.05) is 20.2 Å². The molecule has 1 rings (SSSR count). The van der Waals surface area contributed by atoms with Crippen LogP contribution < -0.4 is 10.1 Å². The van der Waals surface area contributed by atoms with Crippen LogP contribution in [0.3, 0.4) is 0 Å². The predicted molar refractivity (Wildman–Crippen MR) is 61.3 cm³/mol. The summed E-state index contributed by atoms with van der Waals surface area (Å²) < 4.78 is 7.19. The first-order valence-corrected chi connectivity index (χ1v) is 5.47. The average molecular weight is 211 g/mol. The number of methoxy groups -OCH3 is 1. The summed E-state index contributed by atoms with van der Waals surface area (Å²) in [6, 6.07) is 0. The maximum atomic E-state index is 5.29. The van der Waals surface area contributed by atoms with Crippen LogP contribution in [0.1, 0.15) is 31.9 Å². The molecule has 1 atom stereocenters. The SMILES string of the molecule is CCNCCC(C)c1c(OC)cnn1C. The zero-order valence-corrected chi connectivity index (χ0v) is 10.1. The molecule has 1 aromatic heterocycles. The smallest absolute Gasteiger partial charge is 0.160 e. The van der Waals surface area contributed by atoms with Crippen molar-refractivity contribution in [2.45, 2.75) is 26.2 Å².